The molecule has 2 aliphatic rings. The Morgan fingerprint density at radius 2 is 0.536 bits per heavy atom. The van der Waals surface area contributed by atoms with E-state index >= 15 is 0 Å². The molecule has 0 heterocycles. The van der Waals surface area contributed by atoms with Gasteiger partial charge in [0.1, 0.15) is 0 Å². The second-order valence-corrected chi connectivity index (χ2v) is 5.40. The Kier molecular flexibility index (Phi) is 16.6. The zero-order chi connectivity index (χ0) is 18.9. The van der Waals surface area contributed by atoms with Crippen molar-refractivity contribution in [3.8, 4) is 0 Å². The van der Waals surface area contributed by atoms with E-state index in [1.54, 1.807) is 0 Å². The Labute approximate surface area is 207 Å². The van der Waals surface area contributed by atoms with E-state index in [9.17, 15) is 39.6 Å². The molecular weight excluding hydrogens is 694 g/mol. The van der Waals surface area contributed by atoms with Crippen LogP contribution < -0.4 is 20.4 Å². The van der Waals surface area contributed by atoms with Crippen molar-refractivity contribution in [3.05, 3.63) is 43.2 Å². The minimum atomic E-state index is -1.23. The number of Topliss-reactive ketones (excluding diaryl/α,β-unsaturated/α-hetero) is 4. The predicted molar refractivity (Wildman–Crippen MR) is 82.4 cm³/mol. The minimum Gasteiger partial charge on any atom is -0.869 e. The van der Waals surface area contributed by atoms with Gasteiger partial charge in [0.15, 0.2) is 23.1 Å². The Balaban J connectivity index is -0.000000180. The van der Waals surface area contributed by atoms with Gasteiger partial charge in [-0.1, -0.05) is 46.4 Å². The second kappa shape index (κ2) is 13.4. The first kappa shape index (κ1) is 34.7. The monoisotopic (exact) mass is 698 g/mol. The van der Waals surface area contributed by atoms with Gasteiger partial charge in [-0.15, -0.1) is 0 Å². The van der Waals surface area contributed by atoms with Gasteiger partial charge in [0.25, 0.3) is 0 Å². The summed E-state index contributed by atoms with van der Waals surface area (Å²) in [6.07, 6.45) is 0. The molecule has 28 heavy (non-hydrogen) atoms. The van der Waals surface area contributed by atoms with E-state index < -0.39 is 66.3 Å². The topological polar surface area (TPSA) is 255 Å². The molecule has 16 heteroatoms. The zero-order valence-corrected chi connectivity index (χ0v) is 19.9. The number of carbonyl (C=O) groups is 4. The fourth-order valence-electron chi connectivity index (χ4n) is 1.21. The second-order valence-electron chi connectivity index (χ2n) is 3.89. The summed E-state index contributed by atoms with van der Waals surface area (Å²) >= 11 is 20.3. The van der Waals surface area contributed by atoms with Crippen molar-refractivity contribution in [2.75, 3.05) is 0 Å². The standard InChI is InChI=1S/2C6H2Cl2O4.3H2O.Th/c2*7-1-3(9)5(11)2(8)6(12)4(1)10;;;;/h2*9,12H;3*1H2;/q;;;;;+4/p-4. The summed E-state index contributed by atoms with van der Waals surface area (Å²) < 4.78 is 0. The van der Waals surface area contributed by atoms with Crippen LogP contribution in [0.4, 0.5) is 0 Å². The summed E-state index contributed by atoms with van der Waals surface area (Å²) in [5.74, 6) is -9.84. The largest absolute Gasteiger partial charge is 4.00 e. The van der Waals surface area contributed by atoms with E-state index in [4.69, 9.17) is 46.4 Å². The molecule has 0 aliphatic heterocycles. The van der Waals surface area contributed by atoms with Crippen molar-refractivity contribution in [2.24, 2.45) is 0 Å². The SMILES string of the molecule is O.O.O.O=C1C([O-])=C(Cl)C(=O)C([O-])=C1Cl.O=C1C([O-])=C(Cl)C(=O)C([O-])=C1Cl.[Th+4]. The van der Waals surface area contributed by atoms with Gasteiger partial charge in [-0.05, 0) is 23.0 Å². The van der Waals surface area contributed by atoms with E-state index in [1.165, 1.54) is 0 Å². The van der Waals surface area contributed by atoms with Crippen molar-refractivity contribution in [3.63, 3.8) is 0 Å². The molecule has 0 saturated heterocycles. The molecule has 6 N–H and O–H groups in total. The van der Waals surface area contributed by atoms with Crippen LogP contribution in [-0.2, 0) is 19.2 Å². The maximum atomic E-state index is 10.7. The molecule has 0 atom stereocenters. The summed E-state index contributed by atoms with van der Waals surface area (Å²) in [4.78, 5) is 42.8. The third kappa shape index (κ3) is 6.63. The first-order valence-electron chi connectivity index (χ1n) is 5.39. The summed E-state index contributed by atoms with van der Waals surface area (Å²) in [6.45, 7) is 0. The Bertz CT molecular complexity index is 633. The minimum absolute atomic E-state index is 0. The number of hydrogen-bond acceptors (Lipinski definition) is 8. The molecule has 0 radical (unpaired) electrons. The predicted octanol–water partition coefficient (Wildman–Crippen LogP) is -4.95. The molecule has 0 bridgehead atoms. The molecule has 0 saturated carbocycles. The number of rotatable bonds is 0. The van der Waals surface area contributed by atoms with Crippen LogP contribution in [0, 0.1) is 39.9 Å². The summed E-state index contributed by atoms with van der Waals surface area (Å²) in [5, 5.41) is 39.2. The first-order chi connectivity index (χ1) is 10.9. The first-order valence-corrected chi connectivity index (χ1v) is 6.90. The number of carbonyl (C=O) groups excluding carboxylic acids is 4. The van der Waals surface area contributed by atoms with Crippen LogP contribution >= 0.6 is 46.4 Å². The molecule has 152 valence electrons. The van der Waals surface area contributed by atoms with Crippen molar-refractivity contribution in [2.45, 2.75) is 0 Å². The van der Waals surface area contributed by atoms with Crippen LogP contribution in [0.3, 0.4) is 0 Å². The Morgan fingerprint density at radius 3 is 0.643 bits per heavy atom. The van der Waals surface area contributed by atoms with Crippen LogP contribution in [0.2, 0.25) is 0 Å². The molecule has 0 aromatic carbocycles. The van der Waals surface area contributed by atoms with Gasteiger partial charge in [-0.3, -0.25) is 19.2 Å². The fraction of sp³-hybridized carbons (Fsp3) is 0. The summed E-state index contributed by atoms with van der Waals surface area (Å²) in [5.41, 5.74) is 0. The van der Waals surface area contributed by atoms with E-state index in [1.807, 2.05) is 0 Å². The van der Waals surface area contributed by atoms with E-state index in [-0.39, 0.29) is 56.4 Å². The zero-order valence-electron chi connectivity index (χ0n) is 12.8. The molecule has 0 amide bonds. The smallest absolute Gasteiger partial charge is 0.869 e. The molecule has 2 rings (SSSR count). The number of allylic oxidation sites excluding steroid dienone is 4. The normalized spacial score (nSPS) is 16.4. The maximum absolute atomic E-state index is 10.7. The quantitative estimate of drug-likeness (QED) is 0.221. The van der Waals surface area contributed by atoms with Crippen molar-refractivity contribution >= 4 is 69.5 Å². The summed E-state index contributed by atoms with van der Waals surface area (Å²) in [7, 11) is 0. The number of halogens is 4. The third-order valence-electron chi connectivity index (χ3n) is 2.42. The maximum Gasteiger partial charge on any atom is 4.00 e. The average molecular weight is 700 g/mol. The van der Waals surface area contributed by atoms with Crippen molar-refractivity contribution < 1.29 is 96.0 Å². The van der Waals surface area contributed by atoms with Crippen LogP contribution in [0.15, 0.2) is 43.2 Å². The van der Waals surface area contributed by atoms with Crippen LogP contribution in [0.5, 0.6) is 0 Å². The average Bonchev–Trinajstić information content (AvgIpc) is 2.58. The van der Waals surface area contributed by atoms with Gasteiger partial charge in [-0.2, -0.15) is 0 Å². The van der Waals surface area contributed by atoms with Crippen molar-refractivity contribution in [1.29, 1.82) is 0 Å². The Hall–Kier alpha value is -0.795. The fourth-order valence-corrected chi connectivity index (χ4v) is 1.90. The number of hydrogen-bond donors (Lipinski definition) is 0. The van der Waals surface area contributed by atoms with Gasteiger partial charge in [0.2, 0.25) is 0 Å². The molecule has 11 nitrogen and oxygen atoms in total. The Morgan fingerprint density at radius 1 is 0.429 bits per heavy atom. The third-order valence-corrected chi connectivity index (χ3v) is 3.79. The van der Waals surface area contributed by atoms with Crippen LogP contribution in [0.25, 0.3) is 0 Å². The molecule has 2 aliphatic carbocycles. The van der Waals surface area contributed by atoms with Gasteiger partial charge in [-0.25, -0.2) is 0 Å². The molecule has 0 fully saturated rings. The van der Waals surface area contributed by atoms with Crippen LogP contribution in [0.1, 0.15) is 0 Å². The van der Waals surface area contributed by atoms with Gasteiger partial charge < -0.3 is 36.9 Å². The summed E-state index contributed by atoms with van der Waals surface area (Å²) in [6, 6.07) is 0. The van der Waals surface area contributed by atoms with E-state index in [2.05, 4.69) is 0 Å². The van der Waals surface area contributed by atoms with Crippen LogP contribution in [-0.4, -0.2) is 39.6 Å². The van der Waals surface area contributed by atoms with Gasteiger partial charge >= 0.3 is 39.9 Å². The molecular formula is C12H6Cl4O11Th. The molecule has 0 aromatic rings. The van der Waals surface area contributed by atoms with Gasteiger partial charge in [0.05, 0.1) is 20.1 Å². The molecule has 0 spiro atoms. The molecule has 0 aromatic heterocycles. The van der Waals surface area contributed by atoms with Gasteiger partial charge in [0, 0.05) is 0 Å². The van der Waals surface area contributed by atoms with E-state index in [0.717, 1.165) is 0 Å². The molecule has 0 unspecified atom stereocenters. The van der Waals surface area contributed by atoms with Crippen molar-refractivity contribution in [1.82, 2.24) is 0 Å². The number of ketones is 4. The van der Waals surface area contributed by atoms with E-state index in [0.29, 0.717) is 0 Å².